The van der Waals surface area contributed by atoms with Crippen LogP contribution in [0.1, 0.15) is 100 Å². The number of aromatic nitrogens is 4. The van der Waals surface area contributed by atoms with E-state index in [9.17, 15) is 0 Å². The molecule has 5 nitrogen and oxygen atoms in total. The fourth-order valence-electron chi connectivity index (χ4n) is 7.68. The zero-order valence-corrected chi connectivity index (χ0v) is 35.9. The molecule has 0 aliphatic heterocycles. The molecular formula is C48H52N4OPt. The summed E-state index contributed by atoms with van der Waals surface area (Å²) in [4.78, 5) is 4.85. The third-order valence-corrected chi connectivity index (χ3v) is 10.4. The summed E-state index contributed by atoms with van der Waals surface area (Å²) in [6, 6.07) is 33.1. The van der Waals surface area contributed by atoms with Crippen molar-refractivity contribution in [2.75, 3.05) is 0 Å². The van der Waals surface area contributed by atoms with Crippen molar-refractivity contribution in [3.8, 4) is 34.1 Å². The van der Waals surface area contributed by atoms with E-state index in [1.54, 1.807) is 0 Å². The van der Waals surface area contributed by atoms with Gasteiger partial charge < -0.3 is 9.30 Å². The van der Waals surface area contributed by atoms with Gasteiger partial charge in [0, 0.05) is 34.5 Å². The second-order valence-corrected chi connectivity index (χ2v) is 16.5. The first-order valence-corrected chi connectivity index (χ1v) is 19.0. The zero-order chi connectivity index (χ0) is 37.8. The summed E-state index contributed by atoms with van der Waals surface area (Å²) in [6.45, 7) is 24.5. The van der Waals surface area contributed by atoms with Crippen LogP contribution in [0.5, 0.6) is 11.5 Å². The van der Waals surface area contributed by atoms with Crippen LogP contribution in [0.15, 0.2) is 79.0 Å². The molecule has 3 heterocycles. The molecule has 0 unspecified atom stereocenters. The van der Waals surface area contributed by atoms with Gasteiger partial charge >= 0.3 is 21.1 Å². The predicted octanol–water partition coefficient (Wildman–Crippen LogP) is 12.7. The van der Waals surface area contributed by atoms with Gasteiger partial charge in [-0.25, -0.2) is 4.98 Å². The van der Waals surface area contributed by atoms with Crippen molar-refractivity contribution >= 4 is 21.8 Å². The Labute approximate surface area is 336 Å². The summed E-state index contributed by atoms with van der Waals surface area (Å²) in [5, 5.41) is 7.49. The first-order valence-electron chi connectivity index (χ1n) is 19.0. The number of nitrogens with zero attached hydrogens (tertiary/aromatic N) is 4. The number of hydrogen-bond acceptors (Lipinski definition) is 3. The van der Waals surface area contributed by atoms with Crippen molar-refractivity contribution in [1.82, 2.24) is 19.3 Å². The average Bonchev–Trinajstić information content (AvgIpc) is 3.60. The summed E-state index contributed by atoms with van der Waals surface area (Å²) in [6.07, 6.45) is 3.88. The van der Waals surface area contributed by atoms with Crippen molar-refractivity contribution in [2.24, 2.45) is 5.92 Å². The molecule has 0 radical (unpaired) electrons. The van der Waals surface area contributed by atoms with Crippen LogP contribution in [0.25, 0.3) is 44.4 Å². The summed E-state index contributed by atoms with van der Waals surface area (Å²) in [5.41, 5.74) is 13.9. The molecule has 4 aromatic carbocycles. The summed E-state index contributed by atoms with van der Waals surface area (Å²) < 4.78 is 11.1. The Morgan fingerprint density at radius 2 is 1.50 bits per heavy atom. The topological polar surface area (TPSA) is 44.9 Å². The van der Waals surface area contributed by atoms with E-state index in [0.29, 0.717) is 17.4 Å². The number of benzene rings is 4. The Hall–Kier alpha value is -4.47. The minimum Gasteiger partial charge on any atom is -0.509 e. The zero-order valence-electron chi connectivity index (χ0n) is 33.6. The largest absolute Gasteiger partial charge is 2.00 e. The Kier molecular flexibility index (Phi) is 11.1. The minimum atomic E-state index is -0.0102. The molecule has 0 aliphatic rings. The van der Waals surface area contributed by atoms with Crippen LogP contribution in [-0.2, 0) is 32.9 Å². The number of pyridine rings is 1. The normalized spacial score (nSPS) is 11.9. The van der Waals surface area contributed by atoms with Gasteiger partial charge in [0.2, 0.25) is 0 Å². The fraction of sp³-hybridized carbons (Fsp3) is 0.333. The first kappa shape index (κ1) is 39.2. The van der Waals surface area contributed by atoms with Crippen LogP contribution in [0.2, 0.25) is 0 Å². The number of aryl methyl sites for hydroxylation is 4. The van der Waals surface area contributed by atoms with Crippen LogP contribution in [0.4, 0.5) is 0 Å². The summed E-state index contributed by atoms with van der Waals surface area (Å²) in [5.74, 6) is 2.97. The van der Waals surface area contributed by atoms with Gasteiger partial charge in [-0.05, 0) is 109 Å². The van der Waals surface area contributed by atoms with E-state index in [1.165, 1.54) is 44.6 Å². The van der Waals surface area contributed by atoms with Crippen molar-refractivity contribution in [3.05, 3.63) is 130 Å². The van der Waals surface area contributed by atoms with E-state index >= 15 is 0 Å². The number of para-hydroxylation sites is 1. The van der Waals surface area contributed by atoms with Crippen LogP contribution < -0.4 is 4.74 Å². The van der Waals surface area contributed by atoms with Crippen LogP contribution in [0.3, 0.4) is 0 Å². The minimum absolute atomic E-state index is 0. The van der Waals surface area contributed by atoms with Gasteiger partial charge in [0.05, 0.1) is 5.69 Å². The Morgan fingerprint density at radius 3 is 2.19 bits per heavy atom. The Bertz CT molecular complexity index is 2450. The molecular weight excluding hydrogens is 844 g/mol. The number of ether oxygens (including phenoxy) is 1. The standard InChI is InChI=1S/C48H52N4O.Pt/c1-29(2)16-19-43-47(46-32(6)22-31(5)23-33(46)7)34(8)50-52(43)37-24-35(30(3)4)25-39(27-37)53-38-17-18-41-40-14-12-13-15-42(40)51(44(41)28-38)45-26-36(20-21-49-45)48(9,10)11;/h12-15,17-18,20-26,29-30H,16,19H2,1-11H3;/q-2;+2. The third kappa shape index (κ3) is 7.58. The van der Waals surface area contributed by atoms with Gasteiger partial charge in [-0.3, -0.25) is 4.68 Å². The van der Waals surface area contributed by atoms with Gasteiger partial charge in [-0.2, -0.15) is 11.2 Å². The van der Waals surface area contributed by atoms with E-state index in [0.717, 1.165) is 51.8 Å². The Morgan fingerprint density at radius 1 is 0.778 bits per heavy atom. The molecule has 0 bridgehead atoms. The fourth-order valence-corrected chi connectivity index (χ4v) is 7.68. The molecule has 280 valence electrons. The quantitative estimate of drug-likeness (QED) is 0.136. The molecule has 6 heteroatoms. The maximum Gasteiger partial charge on any atom is 2.00 e. The van der Waals surface area contributed by atoms with E-state index in [1.807, 2.05) is 12.3 Å². The van der Waals surface area contributed by atoms with Gasteiger partial charge in [0.15, 0.2) is 0 Å². The van der Waals surface area contributed by atoms with E-state index < -0.39 is 0 Å². The van der Waals surface area contributed by atoms with Crippen molar-refractivity contribution in [1.29, 1.82) is 0 Å². The maximum absolute atomic E-state index is 6.73. The molecule has 0 spiro atoms. The van der Waals surface area contributed by atoms with Crippen LogP contribution >= 0.6 is 0 Å². The van der Waals surface area contributed by atoms with Gasteiger partial charge in [-0.15, -0.1) is 41.3 Å². The monoisotopic (exact) mass is 895 g/mol. The maximum atomic E-state index is 6.73. The molecule has 0 amide bonds. The molecule has 0 saturated heterocycles. The molecule has 0 N–H and O–H groups in total. The van der Waals surface area contributed by atoms with Crippen molar-refractivity contribution in [2.45, 2.75) is 100 Å². The molecule has 3 aromatic heterocycles. The summed E-state index contributed by atoms with van der Waals surface area (Å²) >= 11 is 0. The molecule has 0 aliphatic carbocycles. The predicted molar refractivity (Wildman–Crippen MR) is 220 cm³/mol. The van der Waals surface area contributed by atoms with Crippen molar-refractivity contribution < 1.29 is 25.8 Å². The second kappa shape index (κ2) is 15.3. The molecule has 0 saturated carbocycles. The van der Waals surface area contributed by atoms with Crippen molar-refractivity contribution in [3.63, 3.8) is 0 Å². The molecule has 7 rings (SSSR count). The molecule has 7 aromatic rings. The van der Waals surface area contributed by atoms with E-state index in [2.05, 4.69) is 164 Å². The van der Waals surface area contributed by atoms with Crippen LogP contribution in [-0.4, -0.2) is 19.3 Å². The molecule has 0 atom stereocenters. The number of fused-ring (bicyclic) bond motifs is 3. The van der Waals surface area contributed by atoms with Gasteiger partial charge in [-0.1, -0.05) is 89.9 Å². The average molecular weight is 896 g/mol. The van der Waals surface area contributed by atoms with Gasteiger partial charge in [0.1, 0.15) is 5.82 Å². The smallest absolute Gasteiger partial charge is 0.509 e. The molecule has 54 heavy (non-hydrogen) atoms. The van der Waals surface area contributed by atoms with Gasteiger partial charge in [0.25, 0.3) is 0 Å². The van der Waals surface area contributed by atoms with Crippen LogP contribution in [0, 0.1) is 45.7 Å². The number of rotatable bonds is 9. The summed E-state index contributed by atoms with van der Waals surface area (Å²) in [7, 11) is 0. The molecule has 0 fully saturated rings. The van der Waals surface area contributed by atoms with E-state index in [4.69, 9.17) is 14.8 Å². The van der Waals surface area contributed by atoms with E-state index in [-0.39, 0.29) is 32.4 Å². The first-order chi connectivity index (χ1) is 25.2. The number of hydrogen-bond donors (Lipinski definition) is 0. The SMILES string of the molecule is Cc1cc(C)c(-c2c(C)nn(-c3[c-]c(Oc4[c-]c5c(cc4)c4ccccc4n5-c4cc(C(C)(C)C)ccn4)cc(C(C)C)c3)c2CCC(C)C)c(C)c1.[Pt+2]. The Balaban J connectivity index is 0.00000497. The third-order valence-electron chi connectivity index (χ3n) is 10.4. The second-order valence-electron chi connectivity index (χ2n) is 16.5.